The van der Waals surface area contributed by atoms with Crippen molar-refractivity contribution in [2.24, 2.45) is 35.5 Å². The van der Waals surface area contributed by atoms with Crippen LogP contribution in [0.15, 0.2) is 0 Å². The van der Waals surface area contributed by atoms with Gasteiger partial charge in [0.2, 0.25) is 0 Å². The summed E-state index contributed by atoms with van der Waals surface area (Å²) in [5.41, 5.74) is 0. The predicted octanol–water partition coefficient (Wildman–Crippen LogP) is 2.97. The summed E-state index contributed by atoms with van der Waals surface area (Å²) in [7, 11) is 0. The minimum absolute atomic E-state index is 0.0110. The number of hydrogen-bond acceptors (Lipinski definition) is 2. The van der Waals surface area contributed by atoms with Crippen molar-refractivity contribution in [2.75, 3.05) is 0 Å². The average Bonchev–Trinajstić information content (AvgIpc) is 2.80. The highest BCUT2D eigenvalue weighted by atomic mass is 16.3. The molecule has 0 aliphatic heterocycles. The molecular formula is C17H28O2. The molecular weight excluding hydrogens is 236 g/mol. The van der Waals surface area contributed by atoms with Crippen molar-refractivity contribution >= 4 is 0 Å². The summed E-state index contributed by atoms with van der Waals surface area (Å²) in [5.74, 6) is 5.02. The van der Waals surface area contributed by atoms with Crippen LogP contribution in [-0.2, 0) is 0 Å². The Hall–Kier alpha value is -0.0800. The van der Waals surface area contributed by atoms with Crippen LogP contribution in [0.5, 0.6) is 0 Å². The van der Waals surface area contributed by atoms with Gasteiger partial charge in [-0.1, -0.05) is 0 Å². The molecule has 4 aliphatic carbocycles. The zero-order chi connectivity index (χ0) is 13.0. The smallest absolute Gasteiger partial charge is 0.0571 e. The number of aliphatic hydroxyl groups excluding tert-OH is 2. The molecule has 0 bridgehead atoms. The molecule has 8 atom stereocenters. The van der Waals surface area contributed by atoms with E-state index in [1.165, 1.54) is 38.5 Å². The maximum atomic E-state index is 10.1. The topological polar surface area (TPSA) is 40.5 Å². The van der Waals surface area contributed by atoms with Crippen molar-refractivity contribution in [3.8, 4) is 0 Å². The minimum Gasteiger partial charge on any atom is -0.393 e. The Bertz CT molecular complexity index is 342. The van der Waals surface area contributed by atoms with E-state index in [2.05, 4.69) is 0 Å². The monoisotopic (exact) mass is 264 g/mol. The molecule has 0 aromatic carbocycles. The van der Waals surface area contributed by atoms with E-state index in [0.717, 1.165) is 48.9 Å². The number of aliphatic hydroxyl groups is 2. The Labute approximate surface area is 116 Å². The molecule has 0 aromatic heterocycles. The molecule has 108 valence electrons. The fourth-order valence-electron chi connectivity index (χ4n) is 6.46. The summed E-state index contributed by atoms with van der Waals surface area (Å²) in [4.78, 5) is 0. The van der Waals surface area contributed by atoms with Crippen LogP contribution < -0.4 is 0 Å². The molecule has 0 spiro atoms. The lowest BCUT2D eigenvalue weighted by Crippen LogP contribution is -2.46. The van der Waals surface area contributed by atoms with Crippen molar-refractivity contribution in [3.05, 3.63) is 0 Å². The van der Waals surface area contributed by atoms with Crippen LogP contribution in [0.1, 0.15) is 57.8 Å². The lowest BCUT2D eigenvalue weighted by atomic mass is 9.53. The summed E-state index contributed by atoms with van der Waals surface area (Å²) < 4.78 is 0. The first-order chi connectivity index (χ1) is 9.24. The summed E-state index contributed by atoms with van der Waals surface area (Å²) in [6, 6.07) is 0. The van der Waals surface area contributed by atoms with E-state index in [1.54, 1.807) is 0 Å². The second-order valence-corrected chi connectivity index (χ2v) is 7.85. The van der Waals surface area contributed by atoms with E-state index in [0.29, 0.717) is 5.92 Å². The van der Waals surface area contributed by atoms with E-state index < -0.39 is 0 Å². The van der Waals surface area contributed by atoms with Gasteiger partial charge in [0.05, 0.1) is 12.2 Å². The molecule has 2 nitrogen and oxygen atoms in total. The predicted molar refractivity (Wildman–Crippen MR) is 74.5 cm³/mol. The highest BCUT2D eigenvalue weighted by Gasteiger charge is 2.51. The molecule has 0 amide bonds. The number of hydrogen-bond donors (Lipinski definition) is 2. The van der Waals surface area contributed by atoms with Gasteiger partial charge in [0.25, 0.3) is 0 Å². The van der Waals surface area contributed by atoms with Crippen LogP contribution in [0.2, 0.25) is 0 Å². The van der Waals surface area contributed by atoms with Crippen molar-refractivity contribution in [1.82, 2.24) is 0 Å². The molecule has 0 aromatic rings. The van der Waals surface area contributed by atoms with Crippen LogP contribution in [0.3, 0.4) is 0 Å². The third-order valence-corrected chi connectivity index (χ3v) is 7.21. The molecule has 8 unspecified atom stereocenters. The van der Waals surface area contributed by atoms with Gasteiger partial charge in [-0.15, -0.1) is 0 Å². The fourth-order valence-corrected chi connectivity index (χ4v) is 6.46. The van der Waals surface area contributed by atoms with Gasteiger partial charge < -0.3 is 10.2 Å². The maximum absolute atomic E-state index is 10.1. The standard InChI is InChI=1S/C17H28O2/c18-11-2-4-12-10(9-11)1-3-14-13(12)5-6-16-15(14)7-8-17(16)19/h10-19H,1-9H2. The second-order valence-electron chi connectivity index (χ2n) is 7.85. The first kappa shape index (κ1) is 12.6. The Balaban J connectivity index is 1.53. The zero-order valence-electron chi connectivity index (χ0n) is 11.9. The number of rotatable bonds is 0. The van der Waals surface area contributed by atoms with Gasteiger partial charge in [0.15, 0.2) is 0 Å². The van der Waals surface area contributed by atoms with Crippen LogP contribution in [-0.4, -0.2) is 22.4 Å². The first-order valence-corrected chi connectivity index (χ1v) is 8.60. The summed E-state index contributed by atoms with van der Waals surface area (Å²) in [6.07, 6.45) is 11.1. The molecule has 0 saturated heterocycles. The van der Waals surface area contributed by atoms with Gasteiger partial charge in [0, 0.05) is 0 Å². The van der Waals surface area contributed by atoms with Crippen LogP contribution >= 0.6 is 0 Å². The van der Waals surface area contributed by atoms with Crippen LogP contribution in [0.25, 0.3) is 0 Å². The van der Waals surface area contributed by atoms with E-state index in [9.17, 15) is 10.2 Å². The third-order valence-electron chi connectivity index (χ3n) is 7.21. The van der Waals surface area contributed by atoms with Crippen molar-refractivity contribution < 1.29 is 10.2 Å². The Morgan fingerprint density at radius 3 is 2.00 bits per heavy atom. The van der Waals surface area contributed by atoms with E-state index in [1.807, 2.05) is 0 Å². The molecule has 4 rings (SSSR count). The molecule has 4 fully saturated rings. The van der Waals surface area contributed by atoms with Gasteiger partial charge in [0.1, 0.15) is 0 Å². The van der Waals surface area contributed by atoms with Crippen molar-refractivity contribution in [3.63, 3.8) is 0 Å². The van der Waals surface area contributed by atoms with Gasteiger partial charge in [-0.3, -0.25) is 0 Å². The molecule has 4 saturated carbocycles. The summed E-state index contributed by atoms with van der Waals surface area (Å²) in [6.45, 7) is 0. The quantitative estimate of drug-likeness (QED) is 0.706. The van der Waals surface area contributed by atoms with Crippen molar-refractivity contribution in [1.29, 1.82) is 0 Å². The highest BCUT2D eigenvalue weighted by Crippen LogP contribution is 2.57. The average molecular weight is 264 g/mol. The lowest BCUT2D eigenvalue weighted by molar-refractivity contribution is -0.0564. The Morgan fingerprint density at radius 1 is 0.526 bits per heavy atom. The largest absolute Gasteiger partial charge is 0.393 e. The van der Waals surface area contributed by atoms with Gasteiger partial charge in [-0.25, -0.2) is 0 Å². The molecule has 4 aliphatic rings. The first-order valence-electron chi connectivity index (χ1n) is 8.60. The lowest BCUT2D eigenvalue weighted by Gasteiger charge is -2.52. The third kappa shape index (κ3) is 1.98. The van der Waals surface area contributed by atoms with E-state index in [4.69, 9.17) is 0 Å². The molecule has 19 heavy (non-hydrogen) atoms. The molecule has 2 heteroatoms. The van der Waals surface area contributed by atoms with Gasteiger partial charge in [-0.2, -0.15) is 0 Å². The second kappa shape index (κ2) is 4.73. The molecule has 2 N–H and O–H groups in total. The van der Waals surface area contributed by atoms with Crippen LogP contribution in [0, 0.1) is 35.5 Å². The normalized spacial score (nSPS) is 57.2. The van der Waals surface area contributed by atoms with Crippen LogP contribution in [0.4, 0.5) is 0 Å². The fraction of sp³-hybridized carbons (Fsp3) is 1.00. The maximum Gasteiger partial charge on any atom is 0.0571 e. The summed E-state index contributed by atoms with van der Waals surface area (Å²) in [5, 5.41) is 20.0. The molecule has 0 radical (unpaired) electrons. The zero-order valence-corrected chi connectivity index (χ0v) is 11.9. The minimum atomic E-state index is -0.0116. The molecule has 0 heterocycles. The van der Waals surface area contributed by atoms with Gasteiger partial charge in [-0.05, 0) is 93.3 Å². The highest BCUT2D eigenvalue weighted by molar-refractivity contribution is 5.01. The number of fused-ring (bicyclic) bond motifs is 5. The van der Waals surface area contributed by atoms with Crippen molar-refractivity contribution in [2.45, 2.75) is 70.0 Å². The summed E-state index contributed by atoms with van der Waals surface area (Å²) >= 11 is 0. The Morgan fingerprint density at radius 2 is 1.11 bits per heavy atom. The van der Waals surface area contributed by atoms with E-state index >= 15 is 0 Å². The SMILES string of the molecule is OC1CCC2C(CCC3C4CCC(O)C4CCC23)C1. The van der Waals surface area contributed by atoms with Gasteiger partial charge >= 0.3 is 0 Å². The Kier molecular flexibility index (Phi) is 3.15. The van der Waals surface area contributed by atoms with E-state index in [-0.39, 0.29) is 12.2 Å².